The number of nitrogens with zero attached hydrogens (tertiary/aromatic N) is 3. The number of carbonyl (C=O) groups excluding carboxylic acids is 1. The van der Waals surface area contributed by atoms with Crippen molar-refractivity contribution in [3.05, 3.63) is 108 Å². The van der Waals surface area contributed by atoms with Crippen LogP contribution in [-0.2, 0) is 15.6 Å². The van der Waals surface area contributed by atoms with Gasteiger partial charge in [-0.25, -0.2) is 12.8 Å². The minimum Gasteiger partial charge on any atom is -0.336 e. The highest BCUT2D eigenvalue weighted by Gasteiger charge is 2.27. The Morgan fingerprint density at radius 2 is 1.68 bits per heavy atom. The van der Waals surface area contributed by atoms with Gasteiger partial charge in [-0.1, -0.05) is 54.6 Å². The predicted molar refractivity (Wildman–Crippen MR) is 141 cm³/mol. The Labute approximate surface area is 216 Å². The number of carbonyl (C=O) groups is 1. The van der Waals surface area contributed by atoms with Crippen molar-refractivity contribution in [3.63, 3.8) is 0 Å². The maximum absolute atomic E-state index is 15.0. The molecule has 1 fully saturated rings. The second-order valence-corrected chi connectivity index (χ2v) is 11.3. The summed E-state index contributed by atoms with van der Waals surface area (Å²) in [5, 5.41) is 0.697. The number of sulfone groups is 1. The Morgan fingerprint density at radius 3 is 2.41 bits per heavy atom. The third kappa shape index (κ3) is 5.26. The SMILES string of the molecule is CC(c1ccccc1)N1CCN(C(=O)c2ccc(CS(=O)(=O)c3cccc4cccnc34)c(F)c2)CC1. The van der Waals surface area contributed by atoms with Gasteiger partial charge in [0, 0.05) is 54.9 Å². The van der Waals surface area contributed by atoms with Gasteiger partial charge in [0.2, 0.25) is 0 Å². The van der Waals surface area contributed by atoms with Gasteiger partial charge in [0.1, 0.15) is 5.82 Å². The average molecular weight is 518 g/mol. The molecule has 190 valence electrons. The zero-order valence-corrected chi connectivity index (χ0v) is 21.4. The number of para-hydroxylation sites is 1. The van der Waals surface area contributed by atoms with E-state index in [2.05, 4.69) is 28.9 Å². The molecule has 4 aromatic rings. The molecule has 1 atom stereocenters. The second kappa shape index (κ2) is 10.4. The molecule has 1 aliphatic heterocycles. The van der Waals surface area contributed by atoms with Crippen LogP contribution in [0.3, 0.4) is 0 Å². The number of benzene rings is 3. The molecule has 5 rings (SSSR count). The molecule has 0 radical (unpaired) electrons. The van der Waals surface area contributed by atoms with E-state index >= 15 is 4.39 Å². The third-order valence-corrected chi connectivity index (χ3v) is 8.70. The van der Waals surface area contributed by atoms with Crippen molar-refractivity contribution in [2.24, 2.45) is 0 Å². The van der Waals surface area contributed by atoms with Gasteiger partial charge >= 0.3 is 0 Å². The quantitative estimate of drug-likeness (QED) is 0.365. The highest BCUT2D eigenvalue weighted by atomic mass is 32.2. The van der Waals surface area contributed by atoms with Gasteiger partial charge in [-0.15, -0.1) is 0 Å². The van der Waals surface area contributed by atoms with Crippen LogP contribution >= 0.6 is 0 Å². The average Bonchev–Trinajstić information content (AvgIpc) is 2.93. The Balaban J connectivity index is 1.27. The molecule has 37 heavy (non-hydrogen) atoms. The smallest absolute Gasteiger partial charge is 0.254 e. The molecule has 1 saturated heterocycles. The van der Waals surface area contributed by atoms with Crippen LogP contribution in [0.4, 0.5) is 4.39 Å². The van der Waals surface area contributed by atoms with Gasteiger partial charge in [-0.3, -0.25) is 14.7 Å². The summed E-state index contributed by atoms with van der Waals surface area (Å²) in [6.07, 6.45) is 1.53. The van der Waals surface area contributed by atoms with Crippen LogP contribution in [0.25, 0.3) is 10.9 Å². The van der Waals surface area contributed by atoms with Crippen molar-refractivity contribution in [1.29, 1.82) is 0 Å². The zero-order chi connectivity index (χ0) is 26.0. The number of aromatic nitrogens is 1. The molecule has 1 aliphatic rings. The summed E-state index contributed by atoms with van der Waals surface area (Å²) < 4.78 is 41.3. The molecule has 8 heteroatoms. The number of piperazine rings is 1. The fraction of sp³-hybridized carbons (Fsp3) is 0.241. The van der Waals surface area contributed by atoms with Crippen LogP contribution in [-0.4, -0.2) is 55.3 Å². The molecule has 0 aliphatic carbocycles. The number of pyridine rings is 1. The Bertz CT molecular complexity index is 1530. The zero-order valence-electron chi connectivity index (χ0n) is 20.5. The molecule has 0 saturated carbocycles. The van der Waals surface area contributed by atoms with Crippen molar-refractivity contribution >= 4 is 26.6 Å². The van der Waals surface area contributed by atoms with Crippen LogP contribution in [0.2, 0.25) is 0 Å². The largest absolute Gasteiger partial charge is 0.336 e. The monoisotopic (exact) mass is 517 g/mol. The number of hydrogen-bond donors (Lipinski definition) is 0. The lowest BCUT2D eigenvalue weighted by Crippen LogP contribution is -2.49. The summed E-state index contributed by atoms with van der Waals surface area (Å²) in [4.78, 5) is 21.4. The molecule has 1 aromatic heterocycles. The summed E-state index contributed by atoms with van der Waals surface area (Å²) >= 11 is 0. The van der Waals surface area contributed by atoms with Crippen LogP contribution in [0.1, 0.15) is 34.5 Å². The van der Waals surface area contributed by atoms with E-state index in [1.807, 2.05) is 18.2 Å². The molecule has 0 N–H and O–H groups in total. The first-order valence-electron chi connectivity index (χ1n) is 12.3. The molecule has 1 amide bonds. The molecule has 3 aromatic carbocycles. The van der Waals surface area contributed by atoms with Gasteiger partial charge in [0.05, 0.1) is 16.2 Å². The third-order valence-electron chi connectivity index (χ3n) is 7.01. The summed E-state index contributed by atoms with van der Waals surface area (Å²) in [5.74, 6) is -1.48. The number of rotatable bonds is 6. The van der Waals surface area contributed by atoms with E-state index in [9.17, 15) is 13.2 Å². The minimum atomic E-state index is -3.86. The number of hydrogen-bond acceptors (Lipinski definition) is 5. The summed E-state index contributed by atoms with van der Waals surface area (Å²) in [6.45, 7) is 4.69. The highest BCUT2D eigenvalue weighted by molar-refractivity contribution is 7.90. The molecular formula is C29H28FN3O3S. The van der Waals surface area contributed by atoms with Gasteiger partial charge < -0.3 is 4.90 Å². The van der Waals surface area contributed by atoms with E-state index < -0.39 is 21.4 Å². The molecule has 1 unspecified atom stereocenters. The van der Waals surface area contributed by atoms with Gasteiger partial charge in [-0.05, 0) is 36.8 Å². The molecule has 2 heterocycles. The van der Waals surface area contributed by atoms with Crippen LogP contribution in [0.5, 0.6) is 0 Å². The Morgan fingerprint density at radius 1 is 0.946 bits per heavy atom. The summed E-state index contributed by atoms with van der Waals surface area (Å²) in [6, 6.07) is 23.0. The van der Waals surface area contributed by atoms with Crippen LogP contribution in [0.15, 0.2) is 90.0 Å². The maximum Gasteiger partial charge on any atom is 0.254 e. The van der Waals surface area contributed by atoms with Crippen LogP contribution in [0, 0.1) is 5.82 Å². The van der Waals surface area contributed by atoms with Gasteiger partial charge in [0.25, 0.3) is 5.91 Å². The molecular weight excluding hydrogens is 489 g/mol. The van der Waals surface area contributed by atoms with E-state index in [0.717, 1.165) is 19.2 Å². The van der Waals surface area contributed by atoms with Crippen molar-refractivity contribution in [1.82, 2.24) is 14.8 Å². The van der Waals surface area contributed by atoms with Crippen molar-refractivity contribution in [3.8, 4) is 0 Å². The standard InChI is InChI=1S/C29H28FN3O3S/c1-21(22-7-3-2-4-8-22)32-15-17-33(18-16-32)29(34)24-12-13-25(26(30)19-24)20-37(35,36)27-11-5-9-23-10-6-14-31-28(23)27/h2-14,19,21H,15-18,20H2,1H3. The first-order valence-corrected chi connectivity index (χ1v) is 13.9. The van der Waals surface area contributed by atoms with Crippen LogP contribution < -0.4 is 0 Å². The highest BCUT2D eigenvalue weighted by Crippen LogP contribution is 2.26. The Kier molecular flexibility index (Phi) is 7.04. The minimum absolute atomic E-state index is 0.0194. The van der Waals surface area contributed by atoms with E-state index in [4.69, 9.17) is 0 Å². The molecule has 6 nitrogen and oxygen atoms in total. The van der Waals surface area contributed by atoms with E-state index in [-0.39, 0.29) is 28.0 Å². The van der Waals surface area contributed by atoms with Gasteiger partial charge in [0.15, 0.2) is 9.84 Å². The fourth-order valence-corrected chi connectivity index (χ4v) is 6.39. The van der Waals surface area contributed by atoms with E-state index in [1.54, 1.807) is 29.2 Å². The lowest BCUT2D eigenvalue weighted by molar-refractivity contribution is 0.0581. The Hall–Kier alpha value is -3.62. The maximum atomic E-state index is 15.0. The molecule has 0 spiro atoms. The van der Waals surface area contributed by atoms with E-state index in [0.29, 0.717) is 24.0 Å². The normalized spacial score (nSPS) is 15.6. The second-order valence-electron chi connectivity index (χ2n) is 9.31. The number of fused-ring (bicyclic) bond motifs is 1. The number of amides is 1. The first-order chi connectivity index (χ1) is 17.8. The fourth-order valence-electron chi connectivity index (χ4n) is 4.84. The first kappa shape index (κ1) is 25.0. The van der Waals surface area contributed by atoms with Gasteiger partial charge in [-0.2, -0.15) is 0 Å². The van der Waals surface area contributed by atoms with Crippen molar-refractivity contribution in [2.75, 3.05) is 26.2 Å². The lowest BCUT2D eigenvalue weighted by Gasteiger charge is -2.38. The van der Waals surface area contributed by atoms with E-state index in [1.165, 1.54) is 30.0 Å². The lowest BCUT2D eigenvalue weighted by atomic mass is 10.1. The predicted octanol–water partition coefficient (Wildman–Crippen LogP) is 4.87. The molecule has 0 bridgehead atoms. The number of halogens is 1. The van der Waals surface area contributed by atoms with Crippen molar-refractivity contribution < 1.29 is 17.6 Å². The topological polar surface area (TPSA) is 70.6 Å². The summed E-state index contributed by atoms with van der Waals surface area (Å²) in [7, 11) is -3.86. The summed E-state index contributed by atoms with van der Waals surface area (Å²) in [5.41, 5.74) is 1.83. The van der Waals surface area contributed by atoms with Crippen molar-refractivity contribution in [2.45, 2.75) is 23.6 Å².